The molecule has 3 N–H and O–H groups in total. The quantitative estimate of drug-likeness (QED) is 0.543. The highest BCUT2D eigenvalue weighted by atomic mass is 19.1. The molecular weight excluding hydrogens is 371 g/mol. The summed E-state index contributed by atoms with van der Waals surface area (Å²) in [7, 11) is 0. The van der Waals surface area contributed by atoms with Gasteiger partial charge < -0.3 is 10.3 Å². The van der Waals surface area contributed by atoms with Crippen molar-refractivity contribution in [3.05, 3.63) is 59.9 Å². The van der Waals surface area contributed by atoms with Crippen LogP contribution in [0.25, 0.3) is 11.0 Å². The van der Waals surface area contributed by atoms with Crippen LogP contribution in [-0.2, 0) is 11.3 Å². The highest BCUT2D eigenvalue weighted by Crippen LogP contribution is 2.40. The SMILES string of the molecule is N=NC(c1ncnc2[nH]ccc12)C1CCC(C(=O)NCc2ccc(F)cc2)CC1. The zero-order chi connectivity index (χ0) is 20.2. The summed E-state index contributed by atoms with van der Waals surface area (Å²) in [5.74, 6) is -0.118. The second-order valence-corrected chi connectivity index (χ2v) is 7.53. The summed E-state index contributed by atoms with van der Waals surface area (Å²) in [5.41, 5.74) is 10.1. The molecule has 0 saturated heterocycles. The Balaban J connectivity index is 1.35. The van der Waals surface area contributed by atoms with Gasteiger partial charge in [0.15, 0.2) is 0 Å². The first-order valence-electron chi connectivity index (χ1n) is 9.82. The Bertz CT molecular complexity index is 994. The molecule has 29 heavy (non-hydrogen) atoms. The van der Waals surface area contributed by atoms with Gasteiger partial charge in [-0.3, -0.25) is 4.79 Å². The summed E-state index contributed by atoms with van der Waals surface area (Å²) in [6.45, 7) is 0.399. The first kappa shape index (κ1) is 19.2. The van der Waals surface area contributed by atoms with Crippen LogP contribution in [-0.4, -0.2) is 20.9 Å². The van der Waals surface area contributed by atoms with Gasteiger partial charge in [0.1, 0.15) is 23.8 Å². The van der Waals surface area contributed by atoms with Gasteiger partial charge in [0.2, 0.25) is 5.91 Å². The number of carbonyl (C=O) groups is 1. The smallest absolute Gasteiger partial charge is 0.223 e. The lowest BCUT2D eigenvalue weighted by Gasteiger charge is -2.30. The molecule has 1 atom stereocenters. The Morgan fingerprint density at radius 3 is 2.69 bits per heavy atom. The lowest BCUT2D eigenvalue weighted by Crippen LogP contribution is -2.33. The molecule has 0 radical (unpaired) electrons. The molecule has 150 valence electrons. The van der Waals surface area contributed by atoms with E-state index in [1.807, 2.05) is 12.3 Å². The van der Waals surface area contributed by atoms with Crippen LogP contribution in [0.1, 0.15) is 43.0 Å². The molecule has 2 aromatic heterocycles. The molecule has 4 rings (SSSR count). The lowest BCUT2D eigenvalue weighted by molar-refractivity contribution is -0.126. The van der Waals surface area contributed by atoms with E-state index in [1.165, 1.54) is 18.5 Å². The fourth-order valence-electron chi connectivity index (χ4n) is 4.15. The maximum absolute atomic E-state index is 13.0. The Morgan fingerprint density at radius 2 is 1.97 bits per heavy atom. The molecule has 3 aromatic rings. The number of halogens is 1. The van der Waals surface area contributed by atoms with Gasteiger partial charge in [-0.25, -0.2) is 19.9 Å². The second-order valence-electron chi connectivity index (χ2n) is 7.53. The van der Waals surface area contributed by atoms with Crippen molar-refractivity contribution < 1.29 is 9.18 Å². The van der Waals surface area contributed by atoms with Gasteiger partial charge in [-0.05, 0) is 55.4 Å². The van der Waals surface area contributed by atoms with Crippen molar-refractivity contribution in [1.82, 2.24) is 20.3 Å². The Kier molecular flexibility index (Phi) is 5.59. The summed E-state index contributed by atoms with van der Waals surface area (Å²) in [4.78, 5) is 24.2. The number of nitrogens with zero attached hydrogens (tertiary/aromatic N) is 3. The number of amides is 1. The van der Waals surface area contributed by atoms with E-state index in [1.54, 1.807) is 12.1 Å². The van der Waals surface area contributed by atoms with Gasteiger partial charge in [0, 0.05) is 24.0 Å². The topological polar surface area (TPSA) is 107 Å². The maximum atomic E-state index is 13.0. The monoisotopic (exact) mass is 394 g/mol. The Morgan fingerprint density at radius 1 is 1.21 bits per heavy atom. The number of carbonyl (C=O) groups excluding carboxylic acids is 1. The van der Waals surface area contributed by atoms with Gasteiger partial charge in [0.05, 0.1) is 5.69 Å². The van der Waals surface area contributed by atoms with Crippen molar-refractivity contribution in [3.63, 3.8) is 0 Å². The second kappa shape index (κ2) is 8.46. The molecule has 1 unspecified atom stereocenters. The van der Waals surface area contributed by atoms with E-state index < -0.39 is 0 Å². The Hall–Kier alpha value is -3.16. The van der Waals surface area contributed by atoms with Gasteiger partial charge >= 0.3 is 0 Å². The minimum absolute atomic E-state index is 0.0298. The first-order valence-corrected chi connectivity index (χ1v) is 9.82. The molecule has 1 aliphatic rings. The van der Waals surface area contributed by atoms with Crippen LogP contribution in [0.15, 0.2) is 48.0 Å². The average Bonchev–Trinajstić information content (AvgIpc) is 3.24. The standard InChI is InChI=1S/C21H23FN6O/c22-16-7-1-13(2-8-16)11-25-21(29)15-5-3-14(4-6-15)18(28-23)19-17-9-10-24-20(17)27-12-26-19/h1-2,7-10,12,14-15,18,23H,3-6,11H2,(H,25,29)(H,24,26,27). The number of nitrogens with one attached hydrogen (secondary N) is 3. The molecule has 1 aromatic carbocycles. The van der Waals surface area contributed by atoms with Crippen molar-refractivity contribution in [2.45, 2.75) is 38.3 Å². The molecule has 1 aliphatic carbocycles. The minimum atomic E-state index is -0.320. The van der Waals surface area contributed by atoms with Crippen molar-refractivity contribution >= 4 is 16.9 Å². The molecule has 1 fully saturated rings. The third-order valence-electron chi connectivity index (χ3n) is 5.77. The predicted octanol–water partition coefficient (Wildman–Crippen LogP) is 4.29. The normalized spacial score (nSPS) is 20.3. The van der Waals surface area contributed by atoms with E-state index in [-0.39, 0.29) is 29.6 Å². The van der Waals surface area contributed by atoms with Crippen LogP contribution in [0.4, 0.5) is 4.39 Å². The molecular formula is C21H23FN6O. The van der Waals surface area contributed by atoms with Crippen LogP contribution in [0, 0.1) is 23.2 Å². The third-order valence-corrected chi connectivity index (χ3v) is 5.77. The number of H-pyrrole nitrogens is 1. The fraction of sp³-hybridized carbons (Fsp3) is 0.381. The largest absolute Gasteiger partial charge is 0.352 e. The summed E-state index contributed by atoms with van der Waals surface area (Å²) < 4.78 is 13.0. The number of hydrogen-bond acceptors (Lipinski definition) is 5. The summed E-state index contributed by atoms with van der Waals surface area (Å²) in [6.07, 6.45) is 6.46. The zero-order valence-electron chi connectivity index (χ0n) is 15.9. The van der Waals surface area contributed by atoms with Crippen molar-refractivity contribution in [2.75, 3.05) is 0 Å². The zero-order valence-corrected chi connectivity index (χ0v) is 15.9. The van der Waals surface area contributed by atoms with E-state index in [0.29, 0.717) is 6.54 Å². The third kappa shape index (κ3) is 4.16. The van der Waals surface area contributed by atoms with Crippen molar-refractivity contribution in [1.29, 1.82) is 5.53 Å². The summed E-state index contributed by atoms with van der Waals surface area (Å²) in [6, 6.07) is 7.74. The van der Waals surface area contributed by atoms with Crippen molar-refractivity contribution in [2.24, 2.45) is 17.0 Å². The highest BCUT2D eigenvalue weighted by Gasteiger charge is 2.33. The fourth-order valence-corrected chi connectivity index (χ4v) is 4.15. The van der Waals surface area contributed by atoms with E-state index in [0.717, 1.165) is 48.0 Å². The van der Waals surface area contributed by atoms with Gasteiger partial charge in [-0.15, -0.1) is 0 Å². The van der Waals surface area contributed by atoms with Crippen LogP contribution >= 0.6 is 0 Å². The van der Waals surface area contributed by atoms with Crippen LogP contribution in [0.2, 0.25) is 0 Å². The number of rotatable bonds is 6. The summed E-state index contributed by atoms with van der Waals surface area (Å²) >= 11 is 0. The van der Waals surface area contributed by atoms with Gasteiger partial charge in [-0.1, -0.05) is 12.1 Å². The van der Waals surface area contributed by atoms with Crippen LogP contribution < -0.4 is 5.32 Å². The highest BCUT2D eigenvalue weighted by molar-refractivity contribution is 5.79. The molecule has 0 aliphatic heterocycles. The molecule has 0 spiro atoms. The molecule has 0 bridgehead atoms. The van der Waals surface area contributed by atoms with E-state index in [2.05, 4.69) is 25.4 Å². The van der Waals surface area contributed by atoms with Crippen molar-refractivity contribution in [3.8, 4) is 0 Å². The minimum Gasteiger partial charge on any atom is -0.352 e. The van der Waals surface area contributed by atoms with E-state index in [9.17, 15) is 9.18 Å². The maximum Gasteiger partial charge on any atom is 0.223 e. The van der Waals surface area contributed by atoms with Gasteiger partial charge in [0.25, 0.3) is 0 Å². The number of hydrogen-bond donors (Lipinski definition) is 3. The molecule has 1 amide bonds. The molecule has 2 heterocycles. The lowest BCUT2D eigenvalue weighted by atomic mass is 9.77. The number of benzene rings is 1. The van der Waals surface area contributed by atoms with E-state index in [4.69, 9.17) is 5.53 Å². The average molecular weight is 394 g/mol. The molecule has 8 heteroatoms. The Labute approximate surface area is 167 Å². The van der Waals surface area contributed by atoms with Crippen LogP contribution in [0.3, 0.4) is 0 Å². The first-order chi connectivity index (χ1) is 14.2. The summed E-state index contributed by atoms with van der Waals surface area (Å²) in [5, 5.41) is 7.73. The van der Waals surface area contributed by atoms with Crippen LogP contribution in [0.5, 0.6) is 0 Å². The molecule has 1 saturated carbocycles. The number of aromatic nitrogens is 3. The van der Waals surface area contributed by atoms with Gasteiger partial charge in [-0.2, -0.15) is 5.11 Å². The van der Waals surface area contributed by atoms with E-state index >= 15 is 0 Å². The number of fused-ring (bicyclic) bond motifs is 1. The number of aromatic amines is 1. The predicted molar refractivity (Wildman–Crippen MR) is 105 cm³/mol. The molecule has 7 nitrogen and oxygen atoms in total.